The maximum Gasteiger partial charge on any atom is 0.253 e. The highest BCUT2D eigenvalue weighted by Crippen LogP contribution is 2.44. The van der Waals surface area contributed by atoms with E-state index in [1.165, 1.54) is 12.8 Å². The van der Waals surface area contributed by atoms with Gasteiger partial charge in [-0.05, 0) is 37.2 Å². The number of fused-ring (bicyclic) bond motifs is 1. The van der Waals surface area contributed by atoms with E-state index in [9.17, 15) is 9.59 Å². The number of aromatic amines is 1. The Morgan fingerprint density at radius 2 is 2.17 bits per heavy atom. The van der Waals surface area contributed by atoms with Gasteiger partial charge in [-0.15, -0.1) is 0 Å². The maximum absolute atomic E-state index is 12.0. The fourth-order valence-corrected chi connectivity index (χ4v) is 3.27. The van der Waals surface area contributed by atoms with Gasteiger partial charge in [-0.2, -0.15) is 0 Å². The Hall–Kier alpha value is -1.58. The molecule has 1 aromatic heterocycles. The Bertz CT molecular complexity index is 545. The van der Waals surface area contributed by atoms with Gasteiger partial charge in [-0.25, -0.2) is 0 Å². The molecule has 2 aliphatic rings. The van der Waals surface area contributed by atoms with Gasteiger partial charge < -0.3 is 9.88 Å². The smallest absolute Gasteiger partial charge is 0.253 e. The van der Waals surface area contributed by atoms with Crippen LogP contribution in [0.15, 0.2) is 17.1 Å². The van der Waals surface area contributed by atoms with E-state index in [1.54, 1.807) is 13.1 Å². The van der Waals surface area contributed by atoms with E-state index < -0.39 is 0 Å². The summed E-state index contributed by atoms with van der Waals surface area (Å²) in [6.07, 6.45) is 4.82. The Balaban J connectivity index is 2.13. The normalized spacial score (nSPS) is 26.9. The lowest BCUT2D eigenvalue weighted by atomic mass is 9.85. The van der Waals surface area contributed by atoms with Gasteiger partial charge in [0, 0.05) is 24.7 Å². The first-order valence-corrected chi connectivity index (χ1v) is 6.60. The third kappa shape index (κ3) is 1.67. The predicted molar refractivity (Wildman–Crippen MR) is 69.6 cm³/mol. The van der Waals surface area contributed by atoms with Gasteiger partial charge in [-0.3, -0.25) is 9.59 Å². The largest absolute Gasteiger partial charge is 0.329 e. The van der Waals surface area contributed by atoms with Gasteiger partial charge in [0.25, 0.3) is 5.56 Å². The van der Waals surface area contributed by atoms with E-state index in [0.717, 1.165) is 17.7 Å². The van der Waals surface area contributed by atoms with Crippen LogP contribution in [-0.2, 0) is 11.2 Å². The summed E-state index contributed by atoms with van der Waals surface area (Å²) in [4.78, 5) is 28.4. The van der Waals surface area contributed by atoms with Gasteiger partial charge in [0.05, 0.1) is 5.69 Å². The van der Waals surface area contributed by atoms with Crippen LogP contribution in [-0.4, -0.2) is 16.9 Å². The first-order valence-electron chi connectivity index (χ1n) is 6.60. The number of aromatic nitrogens is 1. The van der Waals surface area contributed by atoms with Crippen molar-refractivity contribution in [3.05, 3.63) is 28.2 Å². The van der Waals surface area contributed by atoms with Crippen LogP contribution >= 0.6 is 0 Å². The molecule has 1 saturated carbocycles. The molecule has 2 atom stereocenters. The summed E-state index contributed by atoms with van der Waals surface area (Å²) in [5, 5.41) is 0. The molecule has 0 spiro atoms. The van der Waals surface area contributed by atoms with Crippen LogP contribution in [0.4, 0.5) is 5.69 Å². The second-order valence-electron chi connectivity index (χ2n) is 5.57. The molecule has 0 aromatic carbocycles. The lowest BCUT2D eigenvalue weighted by molar-refractivity contribution is -0.117. The van der Waals surface area contributed by atoms with Crippen LogP contribution in [0.3, 0.4) is 0 Å². The van der Waals surface area contributed by atoms with Crippen molar-refractivity contribution in [2.24, 2.45) is 11.8 Å². The number of nitrogens with one attached hydrogen (secondary N) is 1. The fraction of sp³-hybridized carbons (Fsp3) is 0.571. The molecule has 1 aromatic rings. The number of carbonyl (C=O) groups is 1. The van der Waals surface area contributed by atoms with Crippen LogP contribution in [0.5, 0.6) is 0 Å². The number of H-pyrrole nitrogens is 1. The minimum atomic E-state index is -0.0557. The van der Waals surface area contributed by atoms with Crippen molar-refractivity contribution in [1.29, 1.82) is 0 Å². The Morgan fingerprint density at radius 1 is 1.44 bits per heavy atom. The van der Waals surface area contributed by atoms with Crippen molar-refractivity contribution in [2.45, 2.75) is 39.2 Å². The highest BCUT2D eigenvalue weighted by Gasteiger charge is 2.44. The number of anilines is 1. The van der Waals surface area contributed by atoms with Gasteiger partial charge in [0.2, 0.25) is 5.91 Å². The predicted octanol–water partition coefficient (Wildman–Crippen LogP) is 1.70. The summed E-state index contributed by atoms with van der Waals surface area (Å²) in [6.45, 7) is 3.74. The van der Waals surface area contributed by atoms with Crippen LogP contribution < -0.4 is 10.5 Å². The molecule has 0 unspecified atom stereocenters. The molecule has 1 aliphatic heterocycles. The standard InChI is InChI=1S/C14H18N2O2/c1-8-7-11-12(5-6-15-14(11)18)16(9(2)17)13(8)10-3-4-10/h5-6,8,10,13H,3-4,7H2,1-2H3,(H,15,18)/t8-,13-/m1/s1. The van der Waals surface area contributed by atoms with Crippen LogP contribution in [0.2, 0.25) is 0 Å². The molecule has 0 radical (unpaired) electrons. The number of amides is 1. The SMILES string of the molecule is CC(=O)N1c2cc[nH]c(=O)c2C[C@@H](C)[C@@H]1C1CC1. The van der Waals surface area contributed by atoms with Crippen molar-refractivity contribution in [3.63, 3.8) is 0 Å². The molecule has 4 heteroatoms. The Kier molecular flexibility index (Phi) is 2.54. The van der Waals surface area contributed by atoms with Gasteiger partial charge in [0.15, 0.2) is 0 Å². The molecule has 18 heavy (non-hydrogen) atoms. The van der Waals surface area contributed by atoms with E-state index in [4.69, 9.17) is 0 Å². The average molecular weight is 246 g/mol. The van der Waals surface area contributed by atoms with E-state index in [2.05, 4.69) is 11.9 Å². The van der Waals surface area contributed by atoms with E-state index in [1.807, 2.05) is 11.0 Å². The highest BCUT2D eigenvalue weighted by atomic mass is 16.2. The summed E-state index contributed by atoms with van der Waals surface area (Å²) in [5.41, 5.74) is 1.53. The molecule has 0 saturated heterocycles. The number of hydrogen-bond acceptors (Lipinski definition) is 2. The zero-order chi connectivity index (χ0) is 12.9. The lowest BCUT2D eigenvalue weighted by Crippen LogP contribution is -2.49. The van der Waals surface area contributed by atoms with Crippen LogP contribution in [0.1, 0.15) is 32.3 Å². The number of nitrogens with zero attached hydrogens (tertiary/aromatic N) is 1. The van der Waals surface area contributed by atoms with Gasteiger partial charge >= 0.3 is 0 Å². The molecular formula is C14H18N2O2. The number of pyridine rings is 1. The molecule has 0 bridgehead atoms. The molecule has 1 aliphatic carbocycles. The van der Waals surface area contributed by atoms with E-state index in [-0.39, 0.29) is 17.5 Å². The summed E-state index contributed by atoms with van der Waals surface area (Å²) in [7, 11) is 0. The topological polar surface area (TPSA) is 53.2 Å². The molecule has 1 amide bonds. The monoisotopic (exact) mass is 246 g/mol. The van der Waals surface area contributed by atoms with Crippen LogP contribution in [0.25, 0.3) is 0 Å². The molecule has 3 rings (SSSR count). The Labute approximate surface area is 106 Å². The molecule has 4 nitrogen and oxygen atoms in total. The summed E-state index contributed by atoms with van der Waals surface area (Å²) in [5.74, 6) is 1.03. The minimum Gasteiger partial charge on any atom is -0.329 e. The second kappa shape index (κ2) is 3.97. The van der Waals surface area contributed by atoms with Crippen molar-refractivity contribution >= 4 is 11.6 Å². The highest BCUT2D eigenvalue weighted by molar-refractivity contribution is 5.93. The van der Waals surface area contributed by atoms with Crippen LogP contribution in [0, 0.1) is 11.8 Å². The summed E-state index contributed by atoms with van der Waals surface area (Å²) in [6, 6.07) is 2.14. The summed E-state index contributed by atoms with van der Waals surface area (Å²) >= 11 is 0. The first kappa shape index (κ1) is 11.5. The van der Waals surface area contributed by atoms with Crippen molar-refractivity contribution < 1.29 is 4.79 Å². The van der Waals surface area contributed by atoms with Gasteiger partial charge in [0.1, 0.15) is 0 Å². The third-order valence-electron chi connectivity index (χ3n) is 4.15. The first-order chi connectivity index (χ1) is 8.59. The van der Waals surface area contributed by atoms with Gasteiger partial charge in [-0.1, -0.05) is 6.92 Å². The maximum atomic E-state index is 12.0. The summed E-state index contributed by atoms with van der Waals surface area (Å²) < 4.78 is 0. The molecule has 1 N–H and O–H groups in total. The molecule has 1 fully saturated rings. The second-order valence-corrected chi connectivity index (χ2v) is 5.57. The zero-order valence-electron chi connectivity index (χ0n) is 10.8. The van der Waals surface area contributed by atoms with Crippen molar-refractivity contribution in [2.75, 3.05) is 4.90 Å². The quantitative estimate of drug-likeness (QED) is 0.820. The molecular weight excluding hydrogens is 228 g/mol. The fourth-order valence-electron chi connectivity index (χ4n) is 3.27. The van der Waals surface area contributed by atoms with E-state index in [0.29, 0.717) is 11.8 Å². The number of hydrogen-bond donors (Lipinski definition) is 1. The number of rotatable bonds is 1. The number of carbonyl (C=O) groups excluding carboxylic acids is 1. The molecule has 96 valence electrons. The Morgan fingerprint density at radius 3 is 2.78 bits per heavy atom. The average Bonchev–Trinajstić information content (AvgIpc) is 3.12. The molecule has 2 heterocycles. The van der Waals surface area contributed by atoms with E-state index >= 15 is 0 Å². The zero-order valence-corrected chi connectivity index (χ0v) is 10.8. The minimum absolute atomic E-state index is 0.0466. The third-order valence-corrected chi connectivity index (χ3v) is 4.15. The lowest BCUT2D eigenvalue weighted by Gasteiger charge is -2.40. The van der Waals surface area contributed by atoms with Crippen molar-refractivity contribution in [3.8, 4) is 0 Å². The van der Waals surface area contributed by atoms with Crippen molar-refractivity contribution in [1.82, 2.24) is 4.98 Å².